The quantitative estimate of drug-likeness (QED) is 0.859. The van der Waals surface area contributed by atoms with Gasteiger partial charge in [0.1, 0.15) is 11.4 Å². The van der Waals surface area contributed by atoms with Crippen LogP contribution < -0.4 is 4.74 Å². The Morgan fingerprint density at radius 1 is 1.10 bits per heavy atom. The number of H-pyrrole nitrogens is 1. The zero-order chi connectivity index (χ0) is 20.2. The Morgan fingerprint density at radius 2 is 1.90 bits per heavy atom. The van der Waals surface area contributed by atoms with Crippen LogP contribution in [0, 0.1) is 11.3 Å². The Balaban J connectivity index is 1.41. The number of carbonyl (C=O) groups excluding carboxylic acids is 2. The molecular formula is C22H28N4O3. The molecule has 3 fully saturated rings. The molecule has 0 spiro atoms. The molecule has 154 valence electrons. The molecule has 1 aromatic carbocycles. The van der Waals surface area contributed by atoms with Crippen LogP contribution in [0.15, 0.2) is 24.3 Å². The van der Waals surface area contributed by atoms with Gasteiger partial charge in [-0.1, -0.05) is 0 Å². The maximum Gasteiger partial charge on any atom is 0.270 e. The number of amides is 2. The third-order valence-corrected chi connectivity index (χ3v) is 6.95. The second-order valence-electron chi connectivity index (χ2n) is 8.87. The van der Waals surface area contributed by atoms with Gasteiger partial charge in [-0.2, -0.15) is 0 Å². The Morgan fingerprint density at radius 3 is 2.66 bits per heavy atom. The number of nitrogens with one attached hydrogen (secondary N) is 1. The van der Waals surface area contributed by atoms with E-state index in [1.54, 1.807) is 7.11 Å². The van der Waals surface area contributed by atoms with Crippen molar-refractivity contribution in [2.45, 2.75) is 12.8 Å². The van der Waals surface area contributed by atoms with Crippen molar-refractivity contribution < 1.29 is 14.3 Å². The first kappa shape index (κ1) is 18.5. The van der Waals surface area contributed by atoms with E-state index >= 15 is 0 Å². The Labute approximate surface area is 170 Å². The largest absolute Gasteiger partial charge is 0.497 e. The number of carbonyl (C=O) groups is 2. The van der Waals surface area contributed by atoms with E-state index in [2.05, 4.69) is 16.9 Å². The van der Waals surface area contributed by atoms with Crippen molar-refractivity contribution in [3.63, 3.8) is 0 Å². The van der Waals surface area contributed by atoms with E-state index in [9.17, 15) is 9.59 Å². The lowest BCUT2D eigenvalue weighted by molar-refractivity contribution is -0.141. The summed E-state index contributed by atoms with van der Waals surface area (Å²) < 4.78 is 5.28. The maximum atomic E-state index is 13.5. The molecule has 3 aliphatic heterocycles. The smallest absolute Gasteiger partial charge is 0.270 e. The minimum Gasteiger partial charge on any atom is -0.497 e. The van der Waals surface area contributed by atoms with Crippen molar-refractivity contribution in [1.29, 1.82) is 0 Å². The monoisotopic (exact) mass is 396 g/mol. The van der Waals surface area contributed by atoms with Crippen molar-refractivity contribution in [3.8, 4) is 5.75 Å². The van der Waals surface area contributed by atoms with E-state index in [0.717, 1.165) is 55.7 Å². The maximum absolute atomic E-state index is 13.5. The Hall–Kier alpha value is -2.54. The van der Waals surface area contributed by atoms with Crippen molar-refractivity contribution in [1.82, 2.24) is 19.7 Å². The molecule has 0 bridgehead atoms. The second kappa shape index (κ2) is 6.76. The summed E-state index contributed by atoms with van der Waals surface area (Å²) in [6.07, 6.45) is 2.17. The Kier molecular flexibility index (Phi) is 4.31. The molecule has 0 aliphatic carbocycles. The minimum atomic E-state index is -0.454. The van der Waals surface area contributed by atoms with E-state index in [4.69, 9.17) is 4.74 Å². The van der Waals surface area contributed by atoms with Crippen LogP contribution in [0.1, 0.15) is 23.3 Å². The highest BCUT2D eigenvalue weighted by molar-refractivity contribution is 5.99. The number of hydrogen-bond acceptors (Lipinski definition) is 4. The molecule has 1 aromatic heterocycles. The van der Waals surface area contributed by atoms with Gasteiger partial charge in [0, 0.05) is 62.2 Å². The molecule has 0 saturated carbocycles. The van der Waals surface area contributed by atoms with E-state index in [1.807, 2.05) is 34.1 Å². The van der Waals surface area contributed by atoms with Gasteiger partial charge in [0.25, 0.3) is 5.91 Å². The van der Waals surface area contributed by atoms with E-state index in [1.165, 1.54) is 0 Å². The summed E-state index contributed by atoms with van der Waals surface area (Å²) in [5.41, 5.74) is 1.00. The zero-order valence-electron chi connectivity index (χ0n) is 17.1. The molecule has 7 heteroatoms. The normalized spacial score (nSPS) is 27.0. The first-order chi connectivity index (χ1) is 14.0. The summed E-state index contributed by atoms with van der Waals surface area (Å²) in [6.45, 7) is 4.47. The lowest BCUT2D eigenvalue weighted by atomic mass is 9.79. The van der Waals surface area contributed by atoms with Gasteiger partial charge in [-0.3, -0.25) is 9.59 Å². The van der Waals surface area contributed by atoms with Crippen LogP contribution in [0.25, 0.3) is 10.9 Å². The number of benzene rings is 1. The van der Waals surface area contributed by atoms with Crippen molar-refractivity contribution in [2.75, 3.05) is 53.4 Å². The molecule has 3 saturated heterocycles. The standard InChI is InChI=1S/C22H28N4O3/c1-24-11-16-12-26(14-22(16,13-24)21(28)25-7-3-4-8-25)20(27)19-9-15-5-6-17(29-2)10-18(15)23-19/h5-6,9-10,16,23H,3-4,7-8,11-14H2,1-2H3/t16-,22-/m0/s1. The van der Waals surface area contributed by atoms with Gasteiger partial charge < -0.3 is 24.4 Å². The van der Waals surface area contributed by atoms with E-state index < -0.39 is 5.41 Å². The molecule has 4 heterocycles. The topological polar surface area (TPSA) is 68.9 Å². The average molecular weight is 396 g/mol. The summed E-state index contributed by atoms with van der Waals surface area (Å²) >= 11 is 0. The van der Waals surface area contributed by atoms with Gasteiger partial charge in [0.15, 0.2) is 0 Å². The van der Waals surface area contributed by atoms with Crippen molar-refractivity contribution in [2.24, 2.45) is 11.3 Å². The van der Waals surface area contributed by atoms with Crippen molar-refractivity contribution in [3.05, 3.63) is 30.0 Å². The van der Waals surface area contributed by atoms with Crippen LogP contribution in [0.4, 0.5) is 0 Å². The number of rotatable bonds is 3. The summed E-state index contributed by atoms with van der Waals surface area (Å²) in [6, 6.07) is 7.64. The van der Waals surface area contributed by atoms with E-state index in [-0.39, 0.29) is 17.7 Å². The first-order valence-corrected chi connectivity index (χ1v) is 10.4. The summed E-state index contributed by atoms with van der Waals surface area (Å²) in [4.78, 5) is 36.1. The number of likely N-dealkylation sites (tertiary alicyclic amines) is 3. The fourth-order valence-corrected chi connectivity index (χ4v) is 5.53. The lowest BCUT2D eigenvalue weighted by Crippen LogP contribution is -2.49. The predicted octanol–water partition coefficient (Wildman–Crippen LogP) is 1.80. The molecular weight excluding hydrogens is 368 g/mol. The van der Waals surface area contributed by atoms with Gasteiger partial charge in [-0.25, -0.2) is 0 Å². The third-order valence-electron chi connectivity index (χ3n) is 6.95. The molecule has 1 N–H and O–H groups in total. The number of fused-ring (bicyclic) bond motifs is 2. The third kappa shape index (κ3) is 2.90. The Bertz CT molecular complexity index is 964. The molecule has 0 unspecified atom stereocenters. The second-order valence-corrected chi connectivity index (χ2v) is 8.87. The van der Waals surface area contributed by atoms with Crippen LogP contribution in [0.2, 0.25) is 0 Å². The summed E-state index contributed by atoms with van der Waals surface area (Å²) in [5, 5.41) is 0.983. The van der Waals surface area contributed by atoms with Crippen LogP contribution in [0.3, 0.4) is 0 Å². The van der Waals surface area contributed by atoms with Gasteiger partial charge in [-0.05, 0) is 38.1 Å². The molecule has 29 heavy (non-hydrogen) atoms. The average Bonchev–Trinajstić information content (AvgIpc) is 3.47. The highest BCUT2D eigenvalue weighted by Gasteiger charge is 2.58. The SMILES string of the molecule is COc1ccc2cc(C(=O)N3C[C@@H]4CN(C)C[C@]4(C(=O)N4CCCC4)C3)[nH]c2c1. The highest BCUT2D eigenvalue weighted by Crippen LogP contribution is 2.44. The van der Waals surface area contributed by atoms with Gasteiger partial charge in [-0.15, -0.1) is 0 Å². The molecule has 2 amide bonds. The molecule has 0 radical (unpaired) electrons. The number of aromatic nitrogens is 1. The predicted molar refractivity (Wildman–Crippen MR) is 110 cm³/mol. The first-order valence-electron chi connectivity index (χ1n) is 10.4. The fraction of sp³-hybridized carbons (Fsp3) is 0.545. The zero-order valence-corrected chi connectivity index (χ0v) is 17.1. The minimum absolute atomic E-state index is 0.0224. The molecule has 7 nitrogen and oxygen atoms in total. The van der Waals surface area contributed by atoms with Crippen molar-refractivity contribution >= 4 is 22.7 Å². The highest BCUT2D eigenvalue weighted by atomic mass is 16.5. The van der Waals surface area contributed by atoms with E-state index in [0.29, 0.717) is 18.8 Å². The number of hydrogen-bond donors (Lipinski definition) is 1. The van der Waals surface area contributed by atoms with Crippen LogP contribution in [-0.4, -0.2) is 84.9 Å². The number of aromatic amines is 1. The molecule has 3 aliphatic rings. The summed E-state index contributed by atoms with van der Waals surface area (Å²) in [7, 11) is 3.71. The number of methoxy groups -OCH3 is 1. The van der Waals surface area contributed by atoms with Crippen LogP contribution in [-0.2, 0) is 4.79 Å². The molecule has 2 atom stereocenters. The number of nitrogens with zero attached hydrogens (tertiary/aromatic N) is 3. The van der Waals surface area contributed by atoms with Gasteiger partial charge in [0.2, 0.25) is 5.91 Å². The fourth-order valence-electron chi connectivity index (χ4n) is 5.53. The number of ether oxygens (including phenoxy) is 1. The van der Waals surface area contributed by atoms with Gasteiger partial charge in [0.05, 0.1) is 12.5 Å². The van der Waals surface area contributed by atoms with Gasteiger partial charge >= 0.3 is 0 Å². The van der Waals surface area contributed by atoms with Crippen LogP contribution in [0.5, 0.6) is 5.75 Å². The molecule has 5 rings (SSSR count). The molecule has 2 aromatic rings. The summed E-state index contributed by atoms with van der Waals surface area (Å²) in [5.74, 6) is 1.19. The lowest BCUT2D eigenvalue weighted by Gasteiger charge is -2.32. The van der Waals surface area contributed by atoms with Crippen LogP contribution >= 0.6 is 0 Å².